The summed E-state index contributed by atoms with van der Waals surface area (Å²) in [5.74, 6) is 1.80. The minimum Gasteiger partial charge on any atom is -0.455 e. The normalized spacial score (nSPS) is 13.1. The van der Waals surface area contributed by atoms with Gasteiger partial charge in [-0.1, -0.05) is 166 Å². The van der Waals surface area contributed by atoms with Gasteiger partial charge >= 0.3 is 0 Å². The molecule has 0 amide bonds. The van der Waals surface area contributed by atoms with Gasteiger partial charge in [0.2, 0.25) is 5.95 Å². The lowest BCUT2D eigenvalue weighted by Crippen LogP contribution is -2.14. The van der Waals surface area contributed by atoms with Crippen LogP contribution in [0.3, 0.4) is 0 Å². The minimum absolute atomic E-state index is 0.102. The molecule has 0 atom stereocenters. The smallest absolute Gasteiger partial charge is 0.238 e. The summed E-state index contributed by atoms with van der Waals surface area (Å²) in [4.78, 5) is 15.4. The van der Waals surface area contributed by atoms with Gasteiger partial charge in [-0.05, 0) is 69.3 Å². The van der Waals surface area contributed by atoms with Gasteiger partial charge in [-0.2, -0.15) is 9.97 Å². The fourth-order valence-electron chi connectivity index (χ4n) is 9.33. The van der Waals surface area contributed by atoms with Crippen molar-refractivity contribution in [3.05, 3.63) is 193 Å². The summed E-state index contributed by atoms with van der Waals surface area (Å²) in [6, 6.07) is 64.1. The van der Waals surface area contributed by atoms with Crippen molar-refractivity contribution in [1.29, 1.82) is 0 Å². The number of para-hydroxylation sites is 2. The molecular formula is C54H36N4O. The molecule has 5 nitrogen and oxygen atoms in total. The van der Waals surface area contributed by atoms with E-state index in [4.69, 9.17) is 19.4 Å². The van der Waals surface area contributed by atoms with Gasteiger partial charge < -0.3 is 4.42 Å². The van der Waals surface area contributed by atoms with Gasteiger partial charge in [-0.15, -0.1) is 0 Å². The monoisotopic (exact) mass is 756 g/mol. The Balaban J connectivity index is 1.02. The topological polar surface area (TPSA) is 56.7 Å². The maximum Gasteiger partial charge on any atom is 0.238 e. The van der Waals surface area contributed by atoms with Crippen LogP contribution in [-0.4, -0.2) is 19.5 Å². The van der Waals surface area contributed by atoms with Crippen molar-refractivity contribution in [2.45, 2.75) is 19.3 Å². The third-order valence-corrected chi connectivity index (χ3v) is 12.3. The molecule has 0 unspecified atom stereocenters. The molecule has 12 rings (SSSR count). The van der Waals surface area contributed by atoms with Crippen molar-refractivity contribution < 1.29 is 4.42 Å². The molecule has 8 aromatic carbocycles. The summed E-state index contributed by atoms with van der Waals surface area (Å²) in [5.41, 5.74) is 15.3. The number of hydrogen-bond donors (Lipinski definition) is 0. The van der Waals surface area contributed by atoms with Crippen LogP contribution in [0.1, 0.15) is 25.0 Å². The molecule has 0 radical (unpaired) electrons. The average molecular weight is 757 g/mol. The maximum absolute atomic E-state index is 6.84. The molecule has 59 heavy (non-hydrogen) atoms. The molecule has 0 spiro atoms. The Morgan fingerprint density at radius 2 is 1.00 bits per heavy atom. The first-order valence-electron chi connectivity index (χ1n) is 20.1. The lowest BCUT2D eigenvalue weighted by molar-refractivity contribution is 0.648. The number of benzene rings is 8. The van der Waals surface area contributed by atoms with Crippen LogP contribution >= 0.6 is 0 Å². The second-order valence-corrected chi connectivity index (χ2v) is 16.0. The van der Waals surface area contributed by atoms with Crippen molar-refractivity contribution in [3.8, 4) is 62.1 Å². The minimum atomic E-state index is -0.102. The van der Waals surface area contributed by atoms with Gasteiger partial charge in [-0.25, -0.2) is 4.98 Å². The van der Waals surface area contributed by atoms with Gasteiger partial charge in [0.1, 0.15) is 11.2 Å². The fourth-order valence-corrected chi connectivity index (χ4v) is 9.33. The number of furan rings is 1. The van der Waals surface area contributed by atoms with Crippen molar-refractivity contribution >= 4 is 43.7 Å². The van der Waals surface area contributed by atoms with E-state index in [2.05, 4.69) is 164 Å². The van der Waals surface area contributed by atoms with Crippen LogP contribution < -0.4 is 0 Å². The van der Waals surface area contributed by atoms with Crippen molar-refractivity contribution in [2.24, 2.45) is 0 Å². The van der Waals surface area contributed by atoms with Gasteiger partial charge in [0.05, 0.1) is 11.0 Å². The second kappa shape index (κ2) is 12.7. The largest absolute Gasteiger partial charge is 0.455 e. The van der Waals surface area contributed by atoms with E-state index in [0.717, 1.165) is 71.6 Å². The van der Waals surface area contributed by atoms with Gasteiger partial charge in [0.25, 0.3) is 0 Å². The first kappa shape index (κ1) is 33.5. The number of hydrogen-bond acceptors (Lipinski definition) is 4. The lowest BCUT2D eigenvalue weighted by Gasteiger charge is -2.21. The van der Waals surface area contributed by atoms with Crippen LogP contribution in [0.25, 0.3) is 106 Å². The van der Waals surface area contributed by atoms with Crippen LogP contribution in [0.5, 0.6) is 0 Å². The summed E-state index contributed by atoms with van der Waals surface area (Å²) in [6.07, 6.45) is 0. The van der Waals surface area contributed by atoms with E-state index in [9.17, 15) is 0 Å². The van der Waals surface area contributed by atoms with Crippen LogP contribution in [0.4, 0.5) is 0 Å². The number of rotatable bonds is 5. The quantitative estimate of drug-likeness (QED) is 0.175. The van der Waals surface area contributed by atoms with Gasteiger partial charge in [-0.3, -0.25) is 4.57 Å². The molecule has 0 aliphatic heterocycles. The number of aromatic nitrogens is 4. The fraction of sp³-hybridized carbons (Fsp3) is 0.0556. The van der Waals surface area contributed by atoms with Crippen molar-refractivity contribution in [2.75, 3.05) is 0 Å². The first-order valence-corrected chi connectivity index (χ1v) is 20.1. The zero-order chi connectivity index (χ0) is 39.2. The molecule has 11 aromatic rings. The Bertz CT molecular complexity index is 3450. The third kappa shape index (κ3) is 5.14. The molecular weight excluding hydrogens is 721 g/mol. The average Bonchev–Trinajstić information content (AvgIpc) is 3.91. The van der Waals surface area contributed by atoms with E-state index >= 15 is 0 Å². The highest BCUT2D eigenvalue weighted by Crippen LogP contribution is 2.51. The van der Waals surface area contributed by atoms with E-state index in [1.807, 2.05) is 36.4 Å². The van der Waals surface area contributed by atoms with Gasteiger partial charge in [0, 0.05) is 43.7 Å². The van der Waals surface area contributed by atoms with Crippen molar-refractivity contribution in [3.63, 3.8) is 0 Å². The van der Waals surface area contributed by atoms with Gasteiger partial charge in [0.15, 0.2) is 11.6 Å². The SMILES string of the molecule is CC1(C)c2ccccc2-c2cc3c(cc21)oc1c(-c2ccc4c(c2)c2ccccc2n4-c2nc(-c4ccccc4)nc(-c4ccc(-c5ccccc5)cc4)n2)cccc13. The molecule has 3 heterocycles. The Labute approximate surface area is 340 Å². The van der Waals surface area contributed by atoms with Crippen LogP contribution in [0, 0.1) is 0 Å². The molecule has 0 saturated carbocycles. The molecule has 1 aliphatic rings. The molecule has 278 valence electrons. The van der Waals surface area contributed by atoms with E-state index in [1.54, 1.807) is 0 Å². The molecule has 0 saturated heterocycles. The summed E-state index contributed by atoms with van der Waals surface area (Å²) in [6.45, 7) is 4.62. The van der Waals surface area contributed by atoms with Crippen LogP contribution in [0.15, 0.2) is 186 Å². The predicted octanol–water partition coefficient (Wildman–Crippen LogP) is 13.8. The Morgan fingerprint density at radius 1 is 0.407 bits per heavy atom. The molecule has 3 aromatic heterocycles. The lowest BCUT2D eigenvalue weighted by atomic mass is 9.82. The van der Waals surface area contributed by atoms with Crippen LogP contribution in [0.2, 0.25) is 0 Å². The third-order valence-electron chi connectivity index (χ3n) is 12.3. The van der Waals surface area contributed by atoms with Crippen LogP contribution in [-0.2, 0) is 5.41 Å². The summed E-state index contributed by atoms with van der Waals surface area (Å²) >= 11 is 0. The maximum atomic E-state index is 6.84. The molecule has 5 heteroatoms. The standard InChI is InChI=1S/C54H36N4O/c1-54(2)45-22-11-9-18-39(45)42-31-44-41-21-13-20-38(50(41)59-49(44)32-46(42)54)37-28-29-48-43(30-37)40-19-10-12-23-47(40)58(48)53-56-51(35-16-7-4-8-17-35)55-52(57-53)36-26-24-34(25-27-36)33-14-5-3-6-15-33/h3-32H,1-2H3. The highest BCUT2D eigenvalue weighted by atomic mass is 16.3. The van der Waals surface area contributed by atoms with E-state index < -0.39 is 0 Å². The second-order valence-electron chi connectivity index (χ2n) is 16.0. The van der Waals surface area contributed by atoms with E-state index in [-0.39, 0.29) is 5.41 Å². The summed E-state index contributed by atoms with van der Waals surface area (Å²) < 4.78 is 9.01. The zero-order valence-corrected chi connectivity index (χ0v) is 32.5. The molecule has 0 fully saturated rings. The zero-order valence-electron chi connectivity index (χ0n) is 32.5. The first-order chi connectivity index (χ1) is 29.0. The Hall–Kier alpha value is -7.63. The molecule has 1 aliphatic carbocycles. The van der Waals surface area contributed by atoms with E-state index in [0.29, 0.717) is 17.6 Å². The van der Waals surface area contributed by atoms with Crippen molar-refractivity contribution in [1.82, 2.24) is 19.5 Å². The predicted molar refractivity (Wildman–Crippen MR) is 241 cm³/mol. The Kier molecular flexibility index (Phi) is 7.20. The number of nitrogens with zero attached hydrogens (tertiary/aromatic N) is 4. The Morgan fingerprint density at radius 3 is 1.80 bits per heavy atom. The molecule has 0 bridgehead atoms. The number of fused-ring (bicyclic) bond motifs is 9. The summed E-state index contributed by atoms with van der Waals surface area (Å²) in [7, 11) is 0. The molecule has 0 N–H and O–H groups in total. The van der Waals surface area contributed by atoms with E-state index in [1.165, 1.54) is 27.8 Å². The highest BCUT2D eigenvalue weighted by molar-refractivity contribution is 6.14. The summed E-state index contributed by atoms with van der Waals surface area (Å²) in [5, 5.41) is 4.49. The highest BCUT2D eigenvalue weighted by Gasteiger charge is 2.36.